The summed E-state index contributed by atoms with van der Waals surface area (Å²) in [6, 6.07) is 9.37. The van der Waals surface area contributed by atoms with Gasteiger partial charge < -0.3 is 25.2 Å². The minimum atomic E-state index is -0.760. The quantitative estimate of drug-likeness (QED) is 0.215. The molecule has 0 saturated carbocycles. The van der Waals surface area contributed by atoms with E-state index in [-0.39, 0.29) is 34.0 Å². The van der Waals surface area contributed by atoms with Crippen molar-refractivity contribution >= 4 is 29.7 Å². The standard InChI is InChI=1S/C12H16O2.C8H16O2.C8H16O.C7H14O2.C6H12O2/c1-12(2,3)10(11(13)14)9-7-5-4-6-8-9;1-7(2,3)8(4,5)6(9)10;1-7(9)5-6-8(2,3)4;1-5(6(8)9)7(2,3)4;1-6(2,3)4-5(7)8/h4-8,10H,1-3H3,(H,13,14);1-5H3,(H,9,10);5-6H2,1-4H3;5H,1-4H3,(H,8,9);4H2,1-3H3,(H,7,8). The van der Waals surface area contributed by atoms with Crippen molar-refractivity contribution < 1.29 is 44.4 Å². The van der Waals surface area contributed by atoms with Crippen LogP contribution in [0.2, 0.25) is 0 Å². The summed E-state index contributed by atoms with van der Waals surface area (Å²) in [7, 11) is 0. The van der Waals surface area contributed by atoms with Crippen LogP contribution in [0.5, 0.6) is 0 Å². The van der Waals surface area contributed by atoms with Gasteiger partial charge in [-0.1, -0.05) is 141 Å². The summed E-state index contributed by atoms with van der Waals surface area (Å²) in [6.07, 6.45) is 1.97. The minimum absolute atomic E-state index is 0.0775. The number of ketones is 1. The third-order valence-electron chi connectivity index (χ3n) is 8.23. The largest absolute Gasteiger partial charge is 0.481 e. The number of carbonyl (C=O) groups is 5. The second-order valence-electron chi connectivity index (χ2n) is 19.0. The molecule has 0 aliphatic rings. The molecule has 0 aliphatic heterocycles. The van der Waals surface area contributed by atoms with Crippen LogP contribution in [-0.4, -0.2) is 50.1 Å². The van der Waals surface area contributed by atoms with Gasteiger partial charge in [-0.05, 0) is 59.8 Å². The fraction of sp³-hybridized carbons (Fsp3) is 0.732. The third-order valence-corrected chi connectivity index (χ3v) is 8.23. The van der Waals surface area contributed by atoms with Gasteiger partial charge in [-0.3, -0.25) is 19.2 Å². The Morgan fingerprint density at radius 2 is 1.00 bits per heavy atom. The van der Waals surface area contributed by atoms with E-state index in [1.165, 1.54) is 0 Å². The van der Waals surface area contributed by atoms with Gasteiger partial charge in [0.25, 0.3) is 0 Å². The fourth-order valence-corrected chi connectivity index (χ4v) is 3.35. The first-order chi connectivity index (χ1) is 21.8. The van der Waals surface area contributed by atoms with Crippen LogP contribution in [0.15, 0.2) is 30.3 Å². The summed E-state index contributed by atoms with van der Waals surface area (Å²) in [6.45, 7) is 36.4. The molecule has 0 spiro atoms. The first kappa shape index (κ1) is 53.6. The molecule has 0 fully saturated rings. The normalized spacial score (nSPS) is 13.1. The summed E-state index contributed by atoms with van der Waals surface area (Å²) < 4.78 is 0. The van der Waals surface area contributed by atoms with E-state index < -0.39 is 35.2 Å². The number of carboxylic acids is 4. The fourth-order valence-electron chi connectivity index (χ4n) is 3.35. The van der Waals surface area contributed by atoms with Crippen LogP contribution in [0.3, 0.4) is 0 Å². The van der Waals surface area contributed by atoms with E-state index in [2.05, 4.69) is 20.8 Å². The minimum Gasteiger partial charge on any atom is -0.481 e. The highest BCUT2D eigenvalue weighted by Crippen LogP contribution is 2.38. The number of rotatable bonds is 7. The first-order valence-corrected chi connectivity index (χ1v) is 17.3. The van der Waals surface area contributed by atoms with E-state index in [4.69, 9.17) is 20.4 Å². The van der Waals surface area contributed by atoms with E-state index in [9.17, 15) is 24.0 Å². The zero-order valence-corrected chi connectivity index (χ0v) is 35.0. The molecule has 9 nitrogen and oxygen atoms in total. The molecule has 292 valence electrons. The van der Waals surface area contributed by atoms with Crippen molar-refractivity contribution in [3.05, 3.63) is 35.9 Å². The average Bonchev–Trinajstić information content (AvgIpc) is 2.85. The number of aliphatic carboxylic acids is 4. The molecule has 1 rings (SSSR count). The van der Waals surface area contributed by atoms with E-state index in [0.717, 1.165) is 18.4 Å². The molecule has 1 aromatic carbocycles. The molecular formula is C41H74O9. The second kappa shape index (κ2) is 21.9. The molecule has 2 unspecified atom stereocenters. The number of carbonyl (C=O) groups excluding carboxylic acids is 1. The summed E-state index contributed by atoms with van der Waals surface area (Å²) in [4.78, 5) is 52.7. The first-order valence-electron chi connectivity index (χ1n) is 17.3. The van der Waals surface area contributed by atoms with Gasteiger partial charge in [-0.25, -0.2) is 0 Å². The number of hydrogen-bond acceptors (Lipinski definition) is 5. The van der Waals surface area contributed by atoms with E-state index in [1.54, 1.807) is 27.7 Å². The van der Waals surface area contributed by atoms with Crippen molar-refractivity contribution in [3.8, 4) is 0 Å². The molecule has 0 aliphatic carbocycles. The molecule has 9 heteroatoms. The highest BCUT2D eigenvalue weighted by Gasteiger charge is 2.39. The van der Waals surface area contributed by atoms with Crippen LogP contribution < -0.4 is 0 Å². The lowest BCUT2D eigenvalue weighted by Crippen LogP contribution is -2.37. The van der Waals surface area contributed by atoms with Gasteiger partial charge in [0.15, 0.2) is 0 Å². The van der Waals surface area contributed by atoms with E-state index >= 15 is 0 Å². The van der Waals surface area contributed by atoms with Crippen LogP contribution in [0, 0.1) is 38.4 Å². The maximum atomic E-state index is 11.1. The maximum absolute atomic E-state index is 11.1. The highest BCUT2D eigenvalue weighted by molar-refractivity contribution is 5.77. The Morgan fingerprint density at radius 3 is 1.12 bits per heavy atom. The molecule has 0 saturated heterocycles. The van der Waals surface area contributed by atoms with Gasteiger partial charge in [-0.2, -0.15) is 0 Å². The average molecular weight is 711 g/mol. The Hall–Kier alpha value is -3.23. The molecule has 0 bridgehead atoms. The predicted octanol–water partition coefficient (Wildman–Crippen LogP) is 10.7. The lowest BCUT2D eigenvalue weighted by Gasteiger charge is -2.34. The van der Waals surface area contributed by atoms with Crippen LogP contribution >= 0.6 is 0 Å². The number of hydrogen-bond donors (Lipinski definition) is 4. The highest BCUT2D eigenvalue weighted by atomic mass is 16.4. The molecular weight excluding hydrogens is 636 g/mol. The zero-order valence-electron chi connectivity index (χ0n) is 35.0. The monoisotopic (exact) mass is 711 g/mol. The van der Waals surface area contributed by atoms with E-state index in [0.29, 0.717) is 11.2 Å². The smallest absolute Gasteiger partial charge is 0.311 e. The SMILES string of the molecule is CC(=O)CCC(C)(C)C.CC(C(=O)O)C(C)(C)C.CC(C)(C)C(C(=O)O)c1ccccc1.CC(C)(C)C(C)(C)C(=O)O.CC(C)(C)CC(=O)O. The van der Waals surface area contributed by atoms with E-state index in [1.807, 2.05) is 113 Å². The summed E-state index contributed by atoms with van der Waals surface area (Å²) in [5, 5.41) is 34.7. The Balaban J connectivity index is -0.000000269. The zero-order chi connectivity index (χ0) is 41.3. The molecule has 50 heavy (non-hydrogen) atoms. The molecule has 2 atom stereocenters. The molecule has 0 heterocycles. The molecule has 0 aromatic heterocycles. The summed E-state index contributed by atoms with van der Waals surface area (Å²) in [5.41, 5.74) is -0.102. The Kier molecular flexibility index (Phi) is 23.4. The van der Waals surface area contributed by atoms with Gasteiger partial charge >= 0.3 is 23.9 Å². The molecule has 1 aromatic rings. The van der Waals surface area contributed by atoms with Gasteiger partial charge in [0.2, 0.25) is 0 Å². The Bertz CT molecular complexity index is 1160. The van der Waals surface area contributed by atoms with Crippen molar-refractivity contribution in [2.45, 2.75) is 157 Å². The predicted molar refractivity (Wildman–Crippen MR) is 204 cm³/mol. The van der Waals surface area contributed by atoms with Gasteiger partial charge in [-0.15, -0.1) is 0 Å². The third kappa shape index (κ3) is 28.6. The lowest BCUT2D eigenvalue weighted by molar-refractivity contribution is -0.153. The second-order valence-corrected chi connectivity index (χ2v) is 19.0. The summed E-state index contributed by atoms with van der Waals surface area (Å²) >= 11 is 0. The molecule has 0 radical (unpaired) electrons. The Morgan fingerprint density at radius 1 is 0.600 bits per heavy atom. The molecule has 0 amide bonds. The number of benzene rings is 1. The summed E-state index contributed by atoms with van der Waals surface area (Å²) in [5.74, 6) is -3.35. The van der Waals surface area contributed by atoms with Crippen molar-refractivity contribution in [2.24, 2.45) is 38.4 Å². The van der Waals surface area contributed by atoms with Crippen LogP contribution in [0.1, 0.15) is 162 Å². The molecule has 4 N–H and O–H groups in total. The lowest BCUT2D eigenvalue weighted by atomic mass is 9.69. The van der Waals surface area contributed by atoms with Crippen LogP contribution in [-0.2, 0) is 24.0 Å². The number of Topliss-reactive ketones (excluding diaryl/α,β-unsaturated/α-hetero) is 1. The van der Waals surface area contributed by atoms with Gasteiger partial charge in [0.05, 0.1) is 23.7 Å². The van der Waals surface area contributed by atoms with Gasteiger partial charge in [0.1, 0.15) is 5.78 Å². The van der Waals surface area contributed by atoms with Crippen LogP contribution in [0.4, 0.5) is 0 Å². The van der Waals surface area contributed by atoms with Gasteiger partial charge in [0, 0.05) is 6.42 Å². The number of carboxylic acid groups (broad SMARTS) is 4. The van der Waals surface area contributed by atoms with Crippen LogP contribution in [0.25, 0.3) is 0 Å². The van der Waals surface area contributed by atoms with Crippen molar-refractivity contribution in [3.63, 3.8) is 0 Å². The maximum Gasteiger partial charge on any atom is 0.311 e. The van der Waals surface area contributed by atoms with Crippen molar-refractivity contribution in [1.29, 1.82) is 0 Å². The van der Waals surface area contributed by atoms with Crippen molar-refractivity contribution in [1.82, 2.24) is 0 Å². The van der Waals surface area contributed by atoms with Crippen molar-refractivity contribution in [2.75, 3.05) is 0 Å². The Labute approximate surface area is 304 Å². The topological polar surface area (TPSA) is 166 Å².